The monoisotopic (exact) mass is 402 g/mol. The van der Waals surface area contributed by atoms with E-state index in [1.54, 1.807) is 10.7 Å². The molecule has 8 nitrogen and oxygen atoms in total. The number of urea groups is 1. The summed E-state index contributed by atoms with van der Waals surface area (Å²) in [7, 11) is 0. The van der Waals surface area contributed by atoms with Gasteiger partial charge >= 0.3 is 6.03 Å². The molecule has 156 valence electrons. The number of aromatic nitrogens is 2. The summed E-state index contributed by atoms with van der Waals surface area (Å²) in [6.45, 7) is 8.06. The minimum absolute atomic E-state index is 0.0249. The highest BCUT2D eigenvalue weighted by Crippen LogP contribution is 2.26. The Morgan fingerprint density at radius 2 is 1.97 bits per heavy atom. The van der Waals surface area contributed by atoms with Gasteiger partial charge in [0, 0.05) is 29.6 Å². The molecule has 4 N–H and O–H groups in total. The number of halogens is 1. The zero-order valence-electron chi connectivity index (χ0n) is 17.0. The lowest BCUT2D eigenvalue weighted by atomic mass is 9.92. The molecule has 1 saturated heterocycles. The van der Waals surface area contributed by atoms with Crippen LogP contribution in [0.5, 0.6) is 0 Å². The van der Waals surface area contributed by atoms with E-state index in [4.69, 9.17) is 0 Å². The van der Waals surface area contributed by atoms with E-state index in [0.29, 0.717) is 17.9 Å². The smallest absolute Gasteiger partial charge is 0.322 e. The van der Waals surface area contributed by atoms with Crippen LogP contribution >= 0.6 is 0 Å². The maximum absolute atomic E-state index is 13.1. The Kier molecular flexibility index (Phi) is 5.88. The van der Waals surface area contributed by atoms with Crippen molar-refractivity contribution in [1.29, 1.82) is 0 Å². The number of nitrogens with one attached hydrogen (secondary N) is 4. The molecule has 2 aromatic rings. The molecule has 1 aromatic carbocycles. The van der Waals surface area contributed by atoms with Crippen molar-refractivity contribution in [2.45, 2.75) is 58.3 Å². The van der Waals surface area contributed by atoms with E-state index in [0.717, 1.165) is 12.1 Å². The summed E-state index contributed by atoms with van der Waals surface area (Å²) in [6, 6.07) is 6.80. The molecular formula is C20H27FN6O2. The van der Waals surface area contributed by atoms with Crippen molar-refractivity contribution in [3.8, 4) is 0 Å². The molecule has 1 aliphatic heterocycles. The van der Waals surface area contributed by atoms with Gasteiger partial charge in [0.1, 0.15) is 11.6 Å². The lowest BCUT2D eigenvalue weighted by Gasteiger charge is -2.32. The molecule has 3 amide bonds. The van der Waals surface area contributed by atoms with Gasteiger partial charge in [0.15, 0.2) is 6.29 Å². The molecule has 29 heavy (non-hydrogen) atoms. The molecule has 9 heteroatoms. The van der Waals surface area contributed by atoms with Gasteiger partial charge in [-0.1, -0.05) is 27.7 Å². The summed E-state index contributed by atoms with van der Waals surface area (Å²) in [6.07, 6.45) is 0.623. The Morgan fingerprint density at radius 3 is 2.59 bits per heavy atom. The van der Waals surface area contributed by atoms with E-state index in [9.17, 15) is 14.0 Å². The summed E-state index contributed by atoms with van der Waals surface area (Å²) >= 11 is 0. The predicted octanol–water partition coefficient (Wildman–Crippen LogP) is 3.31. The molecule has 0 spiro atoms. The van der Waals surface area contributed by atoms with E-state index < -0.39 is 12.3 Å². The van der Waals surface area contributed by atoms with Gasteiger partial charge in [-0.3, -0.25) is 15.4 Å². The number of benzene rings is 1. The Hall–Kier alpha value is -2.94. The largest absolute Gasteiger partial charge is 0.324 e. The fraction of sp³-hybridized carbons (Fsp3) is 0.450. The predicted molar refractivity (Wildman–Crippen MR) is 109 cm³/mol. The van der Waals surface area contributed by atoms with Gasteiger partial charge in [-0.2, -0.15) is 5.10 Å². The van der Waals surface area contributed by atoms with Crippen LogP contribution in [0.3, 0.4) is 0 Å². The van der Waals surface area contributed by atoms with Crippen LogP contribution in [0.2, 0.25) is 0 Å². The number of rotatable bonds is 4. The number of carbonyl (C=O) groups excluding carboxylic acids is 2. The van der Waals surface area contributed by atoms with Crippen molar-refractivity contribution in [3.63, 3.8) is 0 Å². The van der Waals surface area contributed by atoms with Crippen molar-refractivity contribution >= 4 is 23.4 Å². The van der Waals surface area contributed by atoms with Crippen LogP contribution < -0.4 is 21.3 Å². The molecule has 2 atom stereocenters. The minimum Gasteiger partial charge on any atom is -0.322 e. The normalized spacial score (nSPS) is 19.6. The van der Waals surface area contributed by atoms with Gasteiger partial charge in [-0.15, -0.1) is 0 Å². The van der Waals surface area contributed by atoms with Crippen molar-refractivity contribution in [1.82, 2.24) is 20.4 Å². The van der Waals surface area contributed by atoms with E-state index in [1.807, 2.05) is 27.7 Å². The van der Waals surface area contributed by atoms with Crippen LogP contribution in [0.15, 0.2) is 30.3 Å². The molecule has 1 fully saturated rings. The van der Waals surface area contributed by atoms with Crippen LogP contribution in [-0.4, -0.2) is 27.8 Å². The van der Waals surface area contributed by atoms with E-state index >= 15 is 0 Å². The summed E-state index contributed by atoms with van der Waals surface area (Å²) in [5, 5.41) is 16.3. The second kappa shape index (κ2) is 8.20. The quantitative estimate of drug-likeness (QED) is 0.630. The molecule has 0 radical (unpaired) electrons. The average Bonchev–Trinajstić information content (AvgIpc) is 3.07. The lowest BCUT2D eigenvalue weighted by molar-refractivity contribution is -0.125. The number of carbonyl (C=O) groups is 2. The molecule has 2 heterocycles. The van der Waals surface area contributed by atoms with Crippen LogP contribution in [0.1, 0.15) is 52.5 Å². The molecule has 0 bridgehead atoms. The van der Waals surface area contributed by atoms with Crippen molar-refractivity contribution in [2.24, 2.45) is 0 Å². The van der Waals surface area contributed by atoms with Crippen LogP contribution in [0.4, 0.5) is 20.7 Å². The van der Waals surface area contributed by atoms with Gasteiger partial charge in [0.05, 0.1) is 5.69 Å². The first-order valence-electron chi connectivity index (χ1n) is 9.64. The Labute approximate surface area is 169 Å². The second-order valence-electron chi connectivity index (χ2n) is 8.14. The third-order valence-corrected chi connectivity index (χ3v) is 4.71. The Balaban J connectivity index is 1.84. The van der Waals surface area contributed by atoms with Crippen LogP contribution in [0.25, 0.3) is 0 Å². The van der Waals surface area contributed by atoms with Gasteiger partial charge in [-0.25, -0.2) is 13.9 Å². The second-order valence-corrected chi connectivity index (χ2v) is 8.14. The van der Waals surface area contributed by atoms with Gasteiger partial charge in [0.2, 0.25) is 5.91 Å². The highest BCUT2D eigenvalue weighted by molar-refractivity contribution is 5.99. The van der Waals surface area contributed by atoms with Crippen molar-refractivity contribution in [2.75, 3.05) is 10.6 Å². The molecule has 2 unspecified atom stereocenters. The van der Waals surface area contributed by atoms with Gasteiger partial charge in [0.25, 0.3) is 0 Å². The SMILES string of the molecule is CCC1CC(=O)NC(n2nc(C(C)(C)C)cc2NC(=O)Nc2ccc(F)cc2)N1. The molecular weight excluding hydrogens is 375 g/mol. The molecule has 3 rings (SSSR count). The van der Waals surface area contributed by atoms with Crippen molar-refractivity contribution < 1.29 is 14.0 Å². The number of anilines is 2. The number of hydrogen-bond acceptors (Lipinski definition) is 4. The average molecular weight is 402 g/mol. The standard InChI is InChI=1S/C20H27FN6O2/c1-5-13-10-17(28)25-18(22-13)27-16(11-15(26-27)20(2,3)4)24-19(29)23-14-8-6-12(21)7-9-14/h6-9,11,13,18,22H,5,10H2,1-4H3,(H,25,28)(H2,23,24,29). The van der Waals surface area contributed by atoms with Crippen LogP contribution in [0, 0.1) is 5.82 Å². The first-order valence-corrected chi connectivity index (χ1v) is 9.64. The zero-order valence-corrected chi connectivity index (χ0v) is 17.0. The summed E-state index contributed by atoms with van der Waals surface area (Å²) < 4.78 is 14.6. The first-order chi connectivity index (χ1) is 13.7. The highest BCUT2D eigenvalue weighted by atomic mass is 19.1. The molecule has 1 aromatic heterocycles. The number of hydrogen-bond donors (Lipinski definition) is 4. The summed E-state index contributed by atoms with van der Waals surface area (Å²) in [4.78, 5) is 24.6. The van der Waals surface area contributed by atoms with Crippen LogP contribution in [-0.2, 0) is 10.2 Å². The molecule has 0 aliphatic carbocycles. The maximum atomic E-state index is 13.1. The third-order valence-electron chi connectivity index (χ3n) is 4.71. The topological polar surface area (TPSA) is 100 Å². The van der Waals surface area contributed by atoms with E-state index in [-0.39, 0.29) is 23.2 Å². The third kappa shape index (κ3) is 5.11. The Bertz CT molecular complexity index is 887. The van der Waals surface area contributed by atoms with E-state index in [2.05, 4.69) is 26.4 Å². The number of nitrogens with zero attached hydrogens (tertiary/aromatic N) is 2. The highest BCUT2D eigenvalue weighted by Gasteiger charge is 2.30. The minimum atomic E-state index is -0.571. The summed E-state index contributed by atoms with van der Waals surface area (Å²) in [5.41, 5.74) is 0.975. The van der Waals surface area contributed by atoms with E-state index in [1.165, 1.54) is 24.3 Å². The number of amides is 3. The fourth-order valence-corrected chi connectivity index (χ4v) is 3.02. The fourth-order valence-electron chi connectivity index (χ4n) is 3.02. The first kappa shape index (κ1) is 20.8. The van der Waals surface area contributed by atoms with Gasteiger partial charge in [-0.05, 0) is 30.7 Å². The molecule has 1 aliphatic rings. The maximum Gasteiger partial charge on any atom is 0.324 e. The lowest BCUT2D eigenvalue weighted by Crippen LogP contribution is -2.53. The Morgan fingerprint density at radius 1 is 1.28 bits per heavy atom. The van der Waals surface area contributed by atoms with Gasteiger partial charge < -0.3 is 10.6 Å². The zero-order chi connectivity index (χ0) is 21.2. The summed E-state index contributed by atoms with van der Waals surface area (Å²) in [5.74, 6) is -0.0207. The van der Waals surface area contributed by atoms with Crippen molar-refractivity contribution in [3.05, 3.63) is 41.8 Å². The molecule has 0 saturated carbocycles.